The first-order valence-electron chi connectivity index (χ1n) is 23.3. The number of primary amides is 1. The first-order chi connectivity index (χ1) is 32.9. The number of guanidine groups is 1. The lowest BCUT2D eigenvalue weighted by Gasteiger charge is -2.30. The number of thiol groups is 2. The quantitative estimate of drug-likeness (QED) is 0.0159. The smallest absolute Gasteiger partial charge is 0.245 e. The van der Waals surface area contributed by atoms with Crippen molar-refractivity contribution >= 4 is 84.4 Å². The van der Waals surface area contributed by atoms with Crippen molar-refractivity contribution in [2.45, 2.75) is 154 Å². The van der Waals surface area contributed by atoms with Gasteiger partial charge in [0.2, 0.25) is 53.2 Å². The van der Waals surface area contributed by atoms with Gasteiger partial charge in [-0.25, -0.2) is 0 Å². The van der Waals surface area contributed by atoms with Gasteiger partial charge in [0.25, 0.3) is 0 Å². The Balaban J connectivity index is 3.38. The van der Waals surface area contributed by atoms with E-state index in [0.717, 1.165) is 0 Å². The Labute approximate surface area is 420 Å². The van der Waals surface area contributed by atoms with E-state index in [9.17, 15) is 53.4 Å². The molecule has 9 amide bonds. The Morgan fingerprint density at radius 2 is 1.04 bits per heavy atom. The van der Waals surface area contributed by atoms with Crippen molar-refractivity contribution < 1.29 is 53.4 Å². The Morgan fingerprint density at radius 1 is 0.600 bits per heavy atom. The molecule has 0 aliphatic rings. The van der Waals surface area contributed by atoms with Crippen LogP contribution in [0.4, 0.5) is 0 Å². The number of nitrogens with zero attached hydrogens (tertiary/aromatic N) is 1. The summed E-state index contributed by atoms with van der Waals surface area (Å²) in [6.45, 7) is 11.4. The van der Waals surface area contributed by atoms with Crippen LogP contribution in [0.25, 0.3) is 0 Å². The number of hydrogen-bond acceptors (Lipinski definition) is 14. The average molecular weight is 1030 g/mol. The van der Waals surface area contributed by atoms with Crippen LogP contribution >= 0.6 is 25.3 Å². The van der Waals surface area contributed by atoms with Crippen LogP contribution in [-0.2, 0) is 49.6 Å². The summed E-state index contributed by atoms with van der Waals surface area (Å²) in [7, 11) is 0. The van der Waals surface area contributed by atoms with Crippen LogP contribution in [0.3, 0.4) is 0 Å². The molecule has 0 saturated heterocycles. The average Bonchev–Trinajstić information content (AvgIpc) is 3.29. The van der Waals surface area contributed by atoms with Crippen molar-refractivity contribution in [3.63, 3.8) is 0 Å². The number of nitrogens with two attached hydrogens (primary N) is 3. The predicted octanol–water partition coefficient (Wildman–Crippen LogP) is -2.11. The Kier molecular flexibility index (Phi) is 28.6. The maximum atomic E-state index is 14.0. The Morgan fingerprint density at radius 3 is 1.51 bits per heavy atom. The molecular formula is C45H76N12O11S2. The van der Waals surface area contributed by atoms with E-state index in [4.69, 9.17) is 17.2 Å². The number of amides is 9. The molecule has 0 spiro atoms. The van der Waals surface area contributed by atoms with E-state index in [1.54, 1.807) is 26.0 Å². The Bertz CT molecular complexity index is 1940. The van der Waals surface area contributed by atoms with Crippen LogP contribution in [0, 0.1) is 11.8 Å². The molecule has 0 saturated carbocycles. The van der Waals surface area contributed by atoms with Crippen molar-refractivity contribution in [1.29, 1.82) is 0 Å². The fraction of sp³-hybridized carbons (Fsp3) is 0.644. The number of phenolic OH excluding ortho intramolecular Hbond substituents is 1. The van der Waals surface area contributed by atoms with Gasteiger partial charge in [0.15, 0.2) is 5.96 Å². The van der Waals surface area contributed by atoms with Crippen molar-refractivity contribution in [1.82, 2.24) is 42.5 Å². The molecule has 25 heteroatoms. The van der Waals surface area contributed by atoms with Gasteiger partial charge in [-0.15, -0.1) is 0 Å². The zero-order chi connectivity index (χ0) is 53.2. The monoisotopic (exact) mass is 1020 g/mol. The van der Waals surface area contributed by atoms with E-state index in [2.05, 4.69) is 72.8 Å². The van der Waals surface area contributed by atoms with E-state index in [0.29, 0.717) is 24.8 Å². The van der Waals surface area contributed by atoms with E-state index in [1.165, 1.54) is 26.0 Å². The molecule has 0 heterocycles. The van der Waals surface area contributed by atoms with Crippen LogP contribution in [-0.4, -0.2) is 142 Å². The lowest BCUT2D eigenvalue weighted by Crippen LogP contribution is -2.63. The van der Waals surface area contributed by atoms with Crippen molar-refractivity contribution in [2.24, 2.45) is 34.0 Å². The second-order valence-corrected chi connectivity index (χ2v) is 18.2. The van der Waals surface area contributed by atoms with Crippen molar-refractivity contribution in [3.05, 3.63) is 29.8 Å². The molecule has 1 aromatic rings. The van der Waals surface area contributed by atoms with Crippen molar-refractivity contribution in [3.8, 4) is 5.75 Å². The summed E-state index contributed by atoms with van der Waals surface area (Å²) in [5, 5.41) is 41.0. The molecule has 0 radical (unpaired) electrons. The lowest BCUT2D eigenvalue weighted by molar-refractivity contribution is -0.137. The van der Waals surface area contributed by atoms with Crippen LogP contribution in [0.1, 0.15) is 99.0 Å². The van der Waals surface area contributed by atoms with E-state index >= 15 is 0 Å². The standard InChI is InChI=1S/C45H76N12O11S2/c1-8-10-12-29(38(62)53-31(37(46)61)20-27-14-16-28(60)17-15-27)51-42(66)34(22-70)55-39(63)30(13-11-18-49-45(47)48)52-44(68)36(25(6)58)57-43(67)35(24(5)9-2)56-40(64)32(19-23(3)4)54-41(65)33(21-69)50-26(7)59/h14-17,23-25,29-36,58,60,69-70H,8-13,18-22H2,1-7H3,(H2,46,61)(H,50,59)(H,51,66)(H,52,68)(H,53,62)(H,54,65)(H,55,63)(H,56,64)(H,57,67)(H4,47,48,49)/t24-,25+,29-,30-,31-,32-,33+,34-,35-,36-/m0/s1. The number of aliphatic hydroxyl groups is 1. The minimum Gasteiger partial charge on any atom is -0.508 e. The Hall–Kier alpha value is -5.82. The number of carbonyl (C=O) groups is 9. The molecule has 10 atom stereocenters. The van der Waals surface area contributed by atoms with E-state index in [-0.39, 0.29) is 67.8 Å². The maximum Gasteiger partial charge on any atom is 0.245 e. The van der Waals surface area contributed by atoms with Gasteiger partial charge >= 0.3 is 0 Å². The second-order valence-electron chi connectivity index (χ2n) is 17.5. The third kappa shape index (κ3) is 22.7. The molecule has 16 N–H and O–H groups in total. The van der Waals surface area contributed by atoms with Gasteiger partial charge in [-0.1, -0.05) is 66.0 Å². The van der Waals surface area contributed by atoms with Gasteiger partial charge < -0.3 is 69.9 Å². The number of unbranched alkanes of at least 4 members (excludes halogenated alkanes) is 1. The van der Waals surface area contributed by atoms with Gasteiger partial charge in [0, 0.05) is 31.4 Å². The zero-order valence-corrected chi connectivity index (χ0v) is 42.9. The molecule has 70 heavy (non-hydrogen) atoms. The third-order valence-corrected chi connectivity index (χ3v) is 11.7. The second kappa shape index (κ2) is 32.1. The SMILES string of the molecule is CCCC[C@H](NC(=O)[C@H](CS)NC(=O)[C@H](CCCN=C(N)N)NC(=O)[C@@H](NC(=O)[C@@H](NC(=O)[C@H](CC(C)C)NC(=O)[C@@H](CS)NC(C)=O)[C@@H](C)CC)[C@@H](C)O)C(=O)N[C@@H](Cc1ccc(O)cc1)C(N)=O. The highest BCUT2D eigenvalue weighted by atomic mass is 32.1. The minimum atomic E-state index is -1.69. The number of phenols is 1. The maximum absolute atomic E-state index is 14.0. The van der Waals surface area contributed by atoms with Gasteiger partial charge in [0.05, 0.1) is 6.10 Å². The molecule has 0 aliphatic carbocycles. The number of hydrogen-bond donors (Lipinski definition) is 15. The summed E-state index contributed by atoms with van der Waals surface area (Å²) in [6, 6.07) is -4.36. The molecule has 0 aromatic heterocycles. The highest BCUT2D eigenvalue weighted by Crippen LogP contribution is 2.14. The predicted molar refractivity (Wildman–Crippen MR) is 270 cm³/mol. The highest BCUT2D eigenvalue weighted by molar-refractivity contribution is 7.80. The zero-order valence-electron chi connectivity index (χ0n) is 41.1. The number of nitrogens with one attached hydrogen (secondary N) is 8. The van der Waals surface area contributed by atoms with Crippen LogP contribution in [0.15, 0.2) is 29.3 Å². The largest absolute Gasteiger partial charge is 0.508 e. The summed E-state index contributed by atoms with van der Waals surface area (Å²) >= 11 is 8.40. The number of rotatable bonds is 32. The molecule has 394 valence electrons. The molecule has 0 aliphatic heterocycles. The van der Waals surface area contributed by atoms with Crippen molar-refractivity contribution in [2.75, 3.05) is 18.1 Å². The number of aliphatic imine (C=N–C) groups is 1. The molecule has 0 unspecified atom stereocenters. The number of carbonyl (C=O) groups excluding carboxylic acids is 9. The first-order valence-corrected chi connectivity index (χ1v) is 24.6. The van der Waals surface area contributed by atoms with Gasteiger partial charge in [-0.05, 0) is 62.1 Å². The van der Waals surface area contributed by atoms with Crippen LogP contribution < -0.4 is 59.7 Å². The fourth-order valence-electron chi connectivity index (χ4n) is 6.83. The molecule has 23 nitrogen and oxygen atoms in total. The summed E-state index contributed by atoms with van der Waals surface area (Å²) in [4.78, 5) is 124. The topological polar surface area (TPSA) is 381 Å². The lowest BCUT2D eigenvalue weighted by atomic mass is 9.96. The molecule has 1 rings (SSSR count). The fourth-order valence-corrected chi connectivity index (χ4v) is 7.35. The first kappa shape index (κ1) is 62.2. The highest BCUT2D eigenvalue weighted by Gasteiger charge is 2.37. The van der Waals surface area contributed by atoms with Crippen LogP contribution in [0.2, 0.25) is 0 Å². The summed E-state index contributed by atoms with van der Waals surface area (Å²) in [5.41, 5.74) is 17.1. The number of benzene rings is 1. The molecule has 0 fully saturated rings. The number of aliphatic hydroxyl groups excluding tert-OH is 1. The molecular weight excluding hydrogens is 949 g/mol. The van der Waals surface area contributed by atoms with Gasteiger partial charge in [-0.2, -0.15) is 25.3 Å². The van der Waals surface area contributed by atoms with E-state index < -0.39 is 114 Å². The summed E-state index contributed by atoms with van der Waals surface area (Å²) in [6.07, 6.45) is 0.246. The van der Waals surface area contributed by atoms with Crippen LogP contribution in [0.5, 0.6) is 5.75 Å². The summed E-state index contributed by atoms with van der Waals surface area (Å²) in [5.74, 6) is -8.23. The van der Waals surface area contributed by atoms with E-state index in [1.807, 2.05) is 20.8 Å². The molecule has 1 aromatic carbocycles. The summed E-state index contributed by atoms with van der Waals surface area (Å²) < 4.78 is 0. The third-order valence-electron chi connectivity index (χ3n) is 11.0. The van der Waals surface area contributed by atoms with Gasteiger partial charge in [-0.3, -0.25) is 48.1 Å². The molecule has 0 bridgehead atoms. The normalized spacial score (nSPS) is 15.4. The van der Waals surface area contributed by atoms with Gasteiger partial charge in [0.1, 0.15) is 54.1 Å². The number of aromatic hydroxyl groups is 1. The minimum absolute atomic E-state index is 0.00150.